The van der Waals surface area contributed by atoms with Crippen molar-refractivity contribution < 1.29 is 18.8 Å². The van der Waals surface area contributed by atoms with Crippen LogP contribution in [0.15, 0.2) is 18.2 Å². The SMILES string of the molecule is NCC#Cc1ccc(C(=O)N2CC(=O)NC(=O)C2)cc1F. The molecule has 1 aromatic rings. The summed E-state index contributed by atoms with van der Waals surface area (Å²) >= 11 is 0. The maximum Gasteiger partial charge on any atom is 0.254 e. The number of benzene rings is 1. The zero-order valence-electron chi connectivity index (χ0n) is 11.0. The molecule has 1 aliphatic heterocycles. The topological polar surface area (TPSA) is 92.5 Å². The second-order valence-electron chi connectivity index (χ2n) is 4.33. The van der Waals surface area contributed by atoms with Crippen LogP contribution in [0.25, 0.3) is 0 Å². The molecule has 1 heterocycles. The lowest BCUT2D eigenvalue weighted by molar-refractivity contribution is -0.135. The first-order valence-corrected chi connectivity index (χ1v) is 6.11. The number of hydrogen-bond acceptors (Lipinski definition) is 4. The van der Waals surface area contributed by atoms with Gasteiger partial charge in [-0.15, -0.1) is 0 Å². The second kappa shape index (κ2) is 6.15. The van der Waals surface area contributed by atoms with E-state index in [-0.39, 0.29) is 30.8 Å². The van der Waals surface area contributed by atoms with Crippen molar-refractivity contribution in [1.29, 1.82) is 0 Å². The third-order valence-electron chi connectivity index (χ3n) is 2.78. The van der Waals surface area contributed by atoms with Crippen molar-refractivity contribution in [1.82, 2.24) is 10.2 Å². The molecule has 0 bridgehead atoms. The van der Waals surface area contributed by atoms with E-state index in [0.29, 0.717) is 0 Å². The number of rotatable bonds is 1. The Morgan fingerprint density at radius 2 is 2.00 bits per heavy atom. The minimum atomic E-state index is -0.658. The summed E-state index contributed by atoms with van der Waals surface area (Å²) in [5.74, 6) is 2.68. The average Bonchev–Trinajstić information content (AvgIpc) is 2.44. The van der Waals surface area contributed by atoms with Crippen molar-refractivity contribution in [3.05, 3.63) is 35.1 Å². The van der Waals surface area contributed by atoms with Gasteiger partial charge in [-0.05, 0) is 18.2 Å². The van der Waals surface area contributed by atoms with Crippen LogP contribution in [0.1, 0.15) is 15.9 Å². The molecule has 0 unspecified atom stereocenters. The van der Waals surface area contributed by atoms with E-state index < -0.39 is 23.5 Å². The first kappa shape index (κ1) is 14.7. The smallest absolute Gasteiger partial charge is 0.254 e. The summed E-state index contributed by atoms with van der Waals surface area (Å²) in [6.07, 6.45) is 0. The Labute approximate surface area is 120 Å². The highest BCUT2D eigenvalue weighted by atomic mass is 19.1. The summed E-state index contributed by atoms with van der Waals surface area (Å²) < 4.78 is 13.8. The molecule has 1 saturated heterocycles. The number of nitrogens with zero attached hydrogens (tertiary/aromatic N) is 1. The zero-order chi connectivity index (χ0) is 15.4. The molecule has 6 nitrogen and oxygen atoms in total. The third-order valence-corrected chi connectivity index (χ3v) is 2.78. The molecule has 3 N–H and O–H groups in total. The fourth-order valence-corrected chi connectivity index (χ4v) is 1.86. The largest absolute Gasteiger partial charge is 0.320 e. The van der Waals surface area contributed by atoms with Crippen LogP contribution in [0.5, 0.6) is 0 Å². The van der Waals surface area contributed by atoms with E-state index in [2.05, 4.69) is 17.2 Å². The van der Waals surface area contributed by atoms with Gasteiger partial charge in [-0.2, -0.15) is 0 Å². The van der Waals surface area contributed by atoms with Crippen LogP contribution >= 0.6 is 0 Å². The molecule has 0 atom stereocenters. The Balaban J connectivity index is 2.21. The molecule has 2 rings (SSSR count). The van der Waals surface area contributed by atoms with Crippen molar-refractivity contribution >= 4 is 17.7 Å². The summed E-state index contributed by atoms with van der Waals surface area (Å²) in [5.41, 5.74) is 5.38. The summed E-state index contributed by atoms with van der Waals surface area (Å²) in [7, 11) is 0. The van der Waals surface area contributed by atoms with Crippen molar-refractivity contribution in [2.75, 3.05) is 19.6 Å². The molecule has 21 heavy (non-hydrogen) atoms. The molecule has 1 aliphatic rings. The fourth-order valence-electron chi connectivity index (χ4n) is 1.86. The quantitative estimate of drug-likeness (QED) is 0.525. The molecule has 0 radical (unpaired) electrons. The number of nitrogens with two attached hydrogens (primary N) is 1. The van der Waals surface area contributed by atoms with E-state index in [1.807, 2.05) is 0 Å². The number of amides is 3. The molecule has 0 aliphatic carbocycles. The number of carbonyl (C=O) groups excluding carboxylic acids is 3. The summed E-state index contributed by atoms with van der Waals surface area (Å²) in [5, 5.41) is 2.08. The van der Waals surface area contributed by atoms with Gasteiger partial charge in [0.25, 0.3) is 5.91 Å². The van der Waals surface area contributed by atoms with Crippen LogP contribution in [0.4, 0.5) is 4.39 Å². The van der Waals surface area contributed by atoms with Crippen molar-refractivity contribution in [2.24, 2.45) is 5.73 Å². The molecular formula is C14H12FN3O3. The van der Waals surface area contributed by atoms with Crippen LogP contribution in [0.3, 0.4) is 0 Å². The number of halogens is 1. The highest BCUT2D eigenvalue weighted by molar-refractivity contribution is 6.05. The molecular weight excluding hydrogens is 277 g/mol. The lowest BCUT2D eigenvalue weighted by Gasteiger charge is -2.25. The first-order valence-electron chi connectivity index (χ1n) is 6.11. The van der Waals surface area contributed by atoms with Gasteiger partial charge in [-0.1, -0.05) is 11.8 Å². The van der Waals surface area contributed by atoms with Crippen molar-refractivity contribution in [2.45, 2.75) is 0 Å². The lowest BCUT2D eigenvalue weighted by Crippen LogP contribution is -2.53. The number of nitrogens with one attached hydrogen (secondary N) is 1. The third kappa shape index (κ3) is 3.43. The number of piperazine rings is 1. The molecule has 0 aromatic heterocycles. The van der Waals surface area contributed by atoms with E-state index in [4.69, 9.17) is 5.73 Å². The van der Waals surface area contributed by atoms with Gasteiger partial charge in [-0.25, -0.2) is 4.39 Å². The maximum absolute atomic E-state index is 13.8. The van der Waals surface area contributed by atoms with Gasteiger partial charge in [0.05, 0.1) is 12.1 Å². The normalized spacial score (nSPS) is 14.3. The Kier molecular flexibility index (Phi) is 4.30. The fraction of sp³-hybridized carbons (Fsp3) is 0.214. The second-order valence-corrected chi connectivity index (χ2v) is 4.33. The van der Waals surface area contributed by atoms with Crippen LogP contribution in [-0.4, -0.2) is 42.3 Å². The van der Waals surface area contributed by atoms with E-state index in [1.54, 1.807) is 0 Å². The van der Waals surface area contributed by atoms with E-state index >= 15 is 0 Å². The predicted molar refractivity (Wildman–Crippen MR) is 71.4 cm³/mol. The van der Waals surface area contributed by atoms with Crippen LogP contribution in [0.2, 0.25) is 0 Å². The Bertz CT molecular complexity index is 660. The summed E-state index contributed by atoms with van der Waals surface area (Å²) in [4.78, 5) is 35.7. The minimum Gasteiger partial charge on any atom is -0.320 e. The van der Waals surface area contributed by atoms with Crippen molar-refractivity contribution in [3.8, 4) is 11.8 Å². The minimum absolute atomic E-state index is 0.0494. The van der Waals surface area contributed by atoms with Crippen molar-refractivity contribution in [3.63, 3.8) is 0 Å². The molecule has 1 aromatic carbocycles. The summed E-state index contributed by atoms with van der Waals surface area (Å²) in [6, 6.07) is 3.78. The van der Waals surface area contributed by atoms with Gasteiger partial charge < -0.3 is 10.6 Å². The average molecular weight is 289 g/mol. The van der Waals surface area contributed by atoms with Gasteiger partial charge in [0.1, 0.15) is 18.9 Å². The molecule has 1 fully saturated rings. The number of imide groups is 1. The predicted octanol–water partition coefficient (Wildman–Crippen LogP) is -0.765. The van der Waals surface area contributed by atoms with Gasteiger partial charge in [0.2, 0.25) is 11.8 Å². The Hall–Kier alpha value is -2.72. The highest BCUT2D eigenvalue weighted by Gasteiger charge is 2.27. The maximum atomic E-state index is 13.8. The zero-order valence-corrected chi connectivity index (χ0v) is 11.0. The monoisotopic (exact) mass is 289 g/mol. The van der Waals surface area contributed by atoms with Crippen LogP contribution in [-0.2, 0) is 9.59 Å². The van der Waals surface area contributed by atoms with Gasteiger partial charge in [0, 0.05) is 5.56 Å². The molecule has 0 spiro atoms. The van der Waals surface area contributed by atoms with Crippen LogP contribution < -0.4 is 11.1 Å². The number of hydrogen-bond donors (Lipinski definition) is 2. The van der Waals surface area contributed by atoms with Gasteiger partial charge in [0.15, 0.2) is 0 Å². The van der Waals surface area contributed by atoms with Gasteiger partial charge >= 0.3 is 0 Å². The molecule has 7 heteroatoms. The first-order chi connectivity index (χ1) is 10.0. The molecule has 108 valence electrons. The lowest BCUT2D eigenvalue weighted by atomic mass is 10.1. The number of carbonyl (C=O) groups is 3. The van der Waals surface area contributed by atoms with Crippen LogP contribution in [0, 0.1) is 17.7 Å². The molecule has 0 saturated carbocycles. The van der Waals surface area contributed by atoms with E-state index in [0.717, 1.165) is 11.0 Å². The van der Waals surface area contributed by atoms with Gasteiger partial charge in [-0.3, -0.25) is 19.7 Å². The van der Waals surface area contributed by atoms with E-state index in [1.165, 1.54) is 12.1 Å². The highest BCUT2D eigenvalue weighted by Crippen LogP contribution is 2.12. The van der Waals surface area contributed by atoms with E-state index in [9.17, 15) is 18.8 Å². The molecule has 3 amide bonds. The standard InChI is InChI=1S/C14H12FN3O3/c15-11-6-10(4-3-9(11)2-1-5-16)14(21)18-7-12(19)17-13(20)8-18/h3-4,6H,5,7-8,16H2,(H,17,19,20). The Morgan fingerprint density at radius 1 is 1.33 bits per heavy atom. The summed E-state index contributed by atoms with van der Waals surface area (Å²) in [6.45, 7) is -0.368. The Morgan fingerprint density at radius 3 is 2.57 bits per heavy atom.